The summed E-state index contributed by atoms with van der Waals surface area (Å²) >= 11 is 0. The van der Waals surface area contributed by atoms with Crippen molar-refractivity contribution in [2.45, 2.75) is 31.8 Å². The number of anilines is 1. The molecule has 2 fully saturated rings. The summed E-state index contributed by atoms with van der Waals surface area (Å²) in [7, 11) is 0. The summed E-state index contributed by atoms with van der Waals surface area (Å²) in [5.41, 5.74) is 3.06. The lowest BCUT2D eigenvalue weighted by molar-refractivity contribution is 0.375. The normalized spacial score (nSPS) is 25.0. The van der Waals surface area contributed by atoms with E-state index in [-0.39, 0.29) is 17.6 Å². The van der Waals surface area contributed by atoms with Crippen molar-refractivity contribution in [3.63, 3.8) is 0 Å². The number of benzene rings is 2. The molecule has 4 rings (SSSR count). The number of fused-ring (bicyclic) bond motifs is 1. The maximum atomic E-state index is 14.1. The lowest BCUT2D eigenvalue weighted by atomic mass is 9.90. The topological polar surface area (TPSA) is 39.1 Å². The maximum Gasteiger partial charge on any atom is 0.130 e. The van der Waals surface area contributed by atoms with E-state index in [0.29, 0.717) is 11.5 Å². The third-order valence-corrected chi connectivity index (χ3v) is 5.70. The van der Waals surface area contributed by atoms with Crippen molar-refractivity contribution in [1.82, 2.24) is 5.32 Å². The van der Waals surface area contributed by atoms with E-state index in [4.69, 9.17) is 5.26 Å². The molecule has 2 aromatic carbocycles. The molecule has 2 aromatic rings. The maximum absolute atomic E-state index is 14.1. The smallest absolute Gasteiger partial charge is 0.130 e. The van der Waals surface area contributed by atoms with Crippen LogP contribution in [0.4, 0.5) is 14.5 Å². The lowest BCUT2D eigenvalue weighted by Crippen LogP contribution is -2.44. The molecule has 0 spiro atoms. The van der Waals surface area contributed by atoms with Crippen LogP contribution in [0.1, 0.15) is 35.6 Å². The van der Waals surface area contributed by atoms with Crippen LogP contribution in [0.15, 0.2) is 36.4 Å². The van der Waals surface area contributed by atoms with Gasteiger partial charge in [-0.05, 0) is 61.6 Å². The molecule has 1 N–H and O–H groups in total. The number of rotatable bonds is 2. The first-order valence-corrected chi connectivity index (χ1v) is 9.02. The van der Waals surface area contributed by atoms with Gasteiger partial charge in [0.05, 0.1) is 11.6 Å². The van der Waals surface area contributed by atoms with E-state index in [1.54, 1.807) is 0 Å². The average molecular weight is 353 g/mol. The summed E-state index contributed by atoms with van der Waals surface area (Å²) in [4.78, 5) is 2.33. The van der Waals surface area contributed by atoms with Gasteiger partial charge in [-0.1, -0.05) is 6.07 Å². The lowest BCUT2D eigenvalue weighted by Gasteiger charge is -2.37. The van der Waals surface area contributed by atoms with Gasteiger partial charge in [-0.2, -0.15) is 5.26 Å². The molecule has 0 radical (unpaired) electrons. The molecule has 0 aromatic heterocycles. The number of hydrogen-bond donors (Lipinski definition) is 1. The third kappa shape index (κ3) is 2.95. The summed E-state index contributed by atoms with van der Waals surface area (Å²) < 4.78 is 28.3. The third-order valence-electron chi connectivity index (χ3n) is 5.70. The number of nitriles is 1. The average Bonchev–Trinajstić information content (AvgIpc) is 3.04. The zero-order valence-corrected chi connectivity index (χ0v) is 14.7. The molecule has 0 amide bonds. The Kier molecular flexibility index (Phi) is 4.37. The first-order chi connectivity index (χ1) is 12.6. The molecule has 0 saturated carbocycles. The number of hydrogen-bond acceptors (Lipinski definition) is 3. The molecule has 26 heavy (non-hydrogen) atoms. The van der Waals surface area contributed by atoms with Crippen molar-refractivity contribution >= 4 is 5.69 Å². The second-order valence-electron chi connectivity index (χ2n) is 7.30. The Morgan fingerprint density at radius 3 is 2.65 bits per heavy atom. The van der Waals surface area contributed by atoms with Gasteiger partial charge in [0.15, 0.2) is 0 Å². The van der Waals surface area contributed by atoms with Gasteiger partial charge >= 0.3 is 0 Å². The Balaban J connectivity index is 1.53. The highest BCUT2D eigenvalue weighted by molar-refractivity contribution is 5.56. The number of piperidine rings is 1. The van der Waals surface area contributed by atoms with Crippen LogP contribution in [-0.2, 0) is 0 Å². The van der Waals surface area contributed by atoms with Gasteiger partial charge < -0.3 is 10.2 Å². The molecule has 2 aliphatic rings. The van der Waals surface area contributed by atoms with Crippen LogP contribution in [0.25, 0.3) is 0 Å². The highest BCUT2D eigenvalue weighted by atomic mass is 19.1. The standard InChI is InChI=1S/C21H21F2N3/c1-13-9-14(11-24)5-6-20(13)26-8-7-18-15(12-26)10-19(25-18)21-16(22)3-2-4-17(21)23/h2-6,9,15,18-19,25H,7-8,10,12H2,1H3. The predicted molar refractivity (Wildman–Crippen MR) is 96.9 cm³/mol. The molecule has 2 saturated heterocycles. The summed E-state index contributed by atoms with van der Waals surface area (Å²) in [6.07, 6.45) is 1.67. The van der Waals surface area contributed by atoms with Crippen molar-refractivity contribution in [2.24, 2.45) is 5.92 Å². The van der Waals surface area contributed by atoms with Gasteiger partial charge in [0.2, 0.25) is 0 Å². The molecule has 5 heteroatoms. The van der Waals surface area contributed by atoms with E-state index in [9.17, 15) is 8.78 Å². The van der Waals surface area contributed by atoms with Crippen LogP contribution < -0.4 is 10.2 Å². The minimum absolute atomic E-state index is 0.169. The zero-order valence-electron chi connectivity index (χ0n) is 14.7. The Bertz CT molecular complexity index is 854. The summed E-state index contributed by atoms with van der Waals surface area (Å²) in [5.74, 6) is -0.593. The van der Waals surface area contributed by atoms with Crippen molar-refractivity contribution in [3.05, 3.63) is 64.7 Å². The van der Waals surface area contributed by atoms with Gasteiger partial charge in [0, 0.05) is 36.4 Å². The summed E-state index contributed by atoms with van der Waals surface area (Å²) in [6.45, 7) is 3.77. The van der Waals surface area contributed by atoms with E-state index in [2.05, 4.69) is 16.3 Å². The Labute approximate surface area is 152 Å². The van der Waals surface area contributed by atoms with Crippen LogP contribution in [-0.4, -0.2) is 19.1 Å². The molecule has 0 aliphatic carbocycles. The zero-order chi connectivity index (χ0) is 18.3. The van der Waals surface area contributed by atoms with E-state index in [0.717, 1.165) is 37.2 Å². The number of nitrogens with zero attached hydrogens (tertiary/aromatic N) is 2. The molecule has 3 nitrogen and oxygen atoms in total. The van der Waals surface area contributed by atoms with E-state index in [1.165, 1.54) is 18.2 Å². The first-order valence-electron chi connectivity index (χ1n) is 9.02. The molecule has 3 unspecified atom stereocenters. The van der Waals surface area contributed by atoms with Crippen LogP contribution >= 0.6 is 0 Å². The minimum atomic E-state index is -0.471. The number of aryl methyl sites for hydroxylation is 1. The highest BCUT2D eigenvalue weighted by Gasteiger charge is 2.40. The van der Waals surface area contributed by atoms with Gasteiger partial charge in [-0.15, -0.1) is 0 Å². The molecule has 3 atom stereocenters. The van der Waals surface area contributed by atoms with Crippen LogP contribution in [0, 0.1) is 35.8 Å². The van der Waals surface area contributed by atoms with Crippen molar-refractivity contribution in [2.75, 3.05) is 18.0 Å². The molecule has 2 heterocycles. The summed E-state index contributed by atoms with van der Waals surface area (Å²) in [5, 5.41) is 12.5. The monoisotopic (exact) mass is 353 g/mol. The first kappa shape index (κ1) is 17.0. The number of halogens is 2. The van der Waals surface area contributed by atoms with Crippen molar-refractivity contribution in [1.29, 1.82) is 5.26 Å². The quantitative estimate of drug-likeness (QED) is 0.884. The molecular weight excluding hydrogens is 332 g/mol. The van der Waals surface area contributed by atoms with Crippen molar-refractivity contribution in [3.8, 4) is 6.07 Å². The summed E-state index contributed by atoms with van der Waals surface area (Å²) in [6, 6.07) is 12.0. The van der Waals surface area contributed by atoms with Crippen LogP contribution in [0.3, 0.4) is 0 Å². The van der Waals surface area contributed by atoms with Gasteiger partial charge in [-0.25, -0.2) is 8.78 Å². The second kappa shape index (κ2) is 6.69. The van der Waals surface area contributed by atoms with Gasteiger partial charge in [0.1, 0.15) is 11.6 Å². The fourth-order valence-corrected chi connectivity index (χ4v) is 4.46. The van der Waals surface area contributed by atoms with Crippen LogP contribution in [0.2, 0.25) is 0 Å². The molecule has 0 bridgehead atoms. The highest BCUT2D eigenvalue weighted by Crippen LogP contribution is 2.38. The van der Waals surface area contributed by atoms with E-state index in [1.807, 2.05) is 25.1 Å². The predicted octanol–water partition coefficient (Wildman–Crippen LogP) is 4.07. The van der Waals surface area contributed by atoms with E-state index < -0.39 is 11.6 Å². The number of nitrogens with one attached hydrogen (secondary N) is 1. The Hall–Kier alpha value is -2.45. The largest absolute Gasteiger partial charge is 0.371 e. The molecular formula is C21H21F2N3. The molecule has 134 valence electrons. The fourth-order valence-electron chi connectivity index (χ4n) is 4.46. The van der Waals surface area contributed by atoms with Crippen LogP contribution in [0.5, 0.6) is 0 Å². The Morgan fingerprint density at radius 1 is 1.19 bits per heavy atom. The van der Waals surface area contributed by atoms with E-state index >= 15 is 0 Å². The molecule has 2 aliphatic heterocycles. The van der Waals surface area contributed by atoms with Crippen molar-refractivity contribution < 1.29 is 8.78 Å². The fraction of sp³-hybridized carbons (Fsp3) is 0.381. The minimum Gasteiger partial charge on any atom is -0.371 e. The van der Waals surface area contributed by atoms with Gasteiger partial charge in [0.25, 0.3) is 0 Å². The SMILES string of the molecule is Cc1cc(C#N)ccc1N1CCC2NC(c3c(F)cccc3F)CC2C1. The van der Waals surface area contributed by atoms with Gasteiger partial charge in [-0.3, -0.25) is 0 Å². The Morgan fingerprint density at radius 2 is 1.96 bits per heavy atom. The second-order valence-corrected chi connectivity index (χ2v) is 7.30.